The normalized spacial score (nSPS) is 23.3. The molecule has 1 aromatic heterocycles. The molecule has 0 aromatic carbocycles. The lowest BCUT2D eigenvalue weighted by Gasteiger charge is -2.41. The number of aromatic nitrogens is 2. The van der Waals surface area contributed by atoms with Gasteiger partial charge in [0, 0.05) is 18.5 Å². The van der Waals surface area contributed by atoms with Gasteiger partial charge in [-0.25, -0.2) is 14.3 Å². The lowest BCUT2D eigenvalue weighted by molar-refractivity contribution is 0.0387. The monoisotopic (exact) mass is 324 g/mol. The van der Waals surface area contributed by atoms with Crippen molar-refractivity contribution in [1.82, 2.24) is 9.55 Å². The van der Waals surface area contributed by atoms with Crippen molar-refractivity contribution in [3.05, 3.63) is 18.7 Å². The summed E-state index contributed by atoms with van der Waals surface area (Å²) in [6.45, 7) is 11.4. The lowest BCUT2D eigenvalue weighted by atomic mass is 9.95. The van der Waals surface area contributed by atoms with E-state index in [1.165, 1.54) is 10.9 Å². The number of nitrogens with zero attached hydrogens (tertiary/aromatic N) is 2. The summed E-state index contributed by atoms with van der Waals surface area (Å²) >= 11 is 0. The molecule has 0 bridgehead atoms. The predicted octanol–water partition coefficient (Wildman–Crippen LogP) is 4.20. The van der Waals surface area contributed by atoms with E-state index in [1.807, 2.05) is 0 Å². The summed E-state index contributed by atoms with van der Waals surface area (Å²) in [5.41, 5.74) is 0. The third-order valence-corrected chi connectivity index (χ3v) is 9.41. The van der Waals surface area contributed by atoms with Crippen LogP contribution in [0.25, 0.3) is 0 Å². The summed E-state index contributed by atoms with van der Waals surface area (Å²) in [6.07, 6.45) is 8.29. The zero-order valence-electron chi connectivity index (χ0n) is 14.3. The first kappa shape index (κ1) is 17.2. The Bertz CT molecular complexity index is 486. The van der Waals surface area contributed by atoms with Crippen LogP contribution in [0.15, 0.2) is 18.7 Å². The predicted molar refractivity (Wildman–Crippen MR) is 88.4 cm³/mol. The molecule has 0 spiro atoms. The van der Waals surface area contributed by atoms with Gasteiger partial charge < -0.3 is 9.16 Å². The van der Waals surface area contributed by atoms with Crippen LogP contribution in [0.1, 0.15) is 46.5 Å². The van der Waals surface area contributed by atoms with Crippen molar-refractivity contribution in [1.29, 1.82) is 0 Å². The largest absolute Gasteiger partial charge is 0.446 e. The maximum Gasteiger partial charge on any atom is 0.419 e. The second-order valence-electron chi connectivity index (χ2n) is 7.63. The second kappa shape index (κ2) is 6.54. The molecule has 1 saturated carbocycles. The Morgan fingerprint density at radius 1 is 1.18 bits per heavy atom. The molecule has 5 nitrogen and oxygen atoms in total. The van der Waals surface area contributed by atoms with Crippen LogP contribution < -0.4 is 0 Å². The molecule has 1 aliphatic rings. The minimum absolute atomic E-state index is 0.00540. The first-order chi connectivity index (χ1) is 10.2. The number of carbonyl (C=O) groups excluding carboxylic acids is 1. The van der Waals surface area contributed by atoms with E-state index in [4.69, 9.17) is 9.16 Å². The van der Waals surface area contributed by atoms with E-state index < -0.39 is 8.32 Å². The van der Waals surface area contributed by atoms with Crippen molar-refractivity contribution in [2.24, 2.45) is 0 Å². The van der Waals surface area contributed by atoms with E-state index in [0.29, 0.717) is 6.10 Å². The maximum absolute atomic E-state index is 11.9. The molecule has 1 heterocycles. The van der Waals surface area contributed by atoms with Crippen LogP contribution >= 0.6 is 0 Å². The van der Waals surface area contributed by atoms with Crippen LogP contribution in [-0.2, 0) is 9.16 Å². The first-order valence-electron chi connectivity index (χ1n) is 8.06. The first-order valence-corrected chi connectivity index (χ1v) is 11.0. The maximum atomic E-state index is 11.9. The molecule has 0 atom stereocenters. The van der Waals surface area contributed by atoms with Gasteiger partial charge in [0.2, 0.25) is 0 Å². The zero-order chi connectivity index (χ0) is 16.4. The summed E-state index contributed by atoms with van der Waals surface area (Å²) in [5.74, 6) is 0. The molecule has 0 unspecified atom stereocenters. The van der Waals surface area contributed by atoms with Crippen molar-refractivity contribution < 1.29 is 14.0 Å². The molecular weight excluding hydrogens is 296 g/mol. The molecule has 0 radical (unpaired) electrons. The average molecular weight is 324 g/mol. The van der Waals surface area contributed by atoms with Gasteiger partial charge in [0.05, 0.1) is 0 Å². The van der Waals surface area contributed by atoms with Crippen LogP contribution in [0.5, 0.6) is 0 Å². The van der Waals surface area contributed by atoms with Gasteiger partial charge in [0.1, 0.15) is 12.4 Å². The topological polar surface area (TPSA) is 53.4 Å². The summed E-state index contributed by atoms with van der Waals surface area (Å²) < 4.78 is 13.3. The Hall–Kier alpha value is -1.14. The van der Waals surface area contributed by atoms with Crippen molar-refractivity contribution >= 4 is 14.4 Å². The van der Waals surface area contributed by atoms with Gasteiger partial charge in [-0.05, 0) is 43.8 Å². The smallest absolute Gasteiger partial charge is 0.419 e. The molecule has 0 saturated heterocycles. The van der Waals surface area contributed by atoms with E-state index in [1.54, 1.807) is 12.4 Å². The van der Waals surface area contributed by atoms with E-state index in [2.05, 4.69) is 38.8 Å². The Balaban J connectivity index is 1.80. The molecule has 0 N–H and O–H groups in total. The highest BCUT2D eigenvalue weighted by molar-refractivity contribution is 6.74. The summed E-state index contributed by atoms with van der Waals surface area (Å²) in [6, 6.07) is 0. The molecule has 1 fully saturated rings. The van der Waals surface area contributed by atoms with Gasteiger partial charge in [0.15, 0.2) is 8.32 Å². The van der Waals surface area contributed by atoms with Gasteiger partial charge in [-0.15, -0.1) is 0 Å². The molecular formula is C16H28N2O3Si. The van der Waals surface area contributed by atoms with Gasteiger partial charge in [0.25, 0.3) is 0 Å². The number of imidazole rings is 1. The van der Waals surface area contributed by atoms with E-state index >= 15 is 0 Å². The van der Waals surface area contributed by atoms with E-state index in [-0.39, 0.29) is 17.2 Å². The number of hydrogen-bond acceptors (Lipinski definition) is 4. The minimum Gasteiger partial charge on any atom is -0.446 e. The molecule has 1 aliphatic carbocycles. The van der Waals surface area contributed by atoms with Crippen molar-refractivity contribution in [3.63, 3.8) is 0 Å². The van der Waals surface area contributed by atoms with Crippen molar-refractivity contribution in [2.75, 3.05) is 0 Å². The SMILES string of the molecule is CC(C)(C)[Si](C)(C)OC1CCC(OC(=O)n2ccnc2)CC1. The highest BCUT2D eigenvalue weighted by Gasteiger charge is 2.40. The van der Waals surface area contributed by atoms with Gasteiger partial charge in [-0.3, -0.25) is 0 Å². The second-order valence-corrected chi connectivity index (χ2v) is 12.4. The molecule has 2 rings (SSSR count). The van der Waals surface area contributed by atoms with Crippen LogP contribution in [0, 0.1) is 0 Å². The highest BCUT2D eigenvalue weighted by Crippen LogP contribution is 2.39. The van der Waals surface area contributed by atoms with Crippen LogP contribution in [0.4, 0.5) is 4.79 Å². The number of hydrogen-bond donors (Lipinski definition) is 0. The van der Waals surface area contributed by atoms with E-state index in [9.17, 15) is 4.79 Å². The molecule has 6 heteroatoms. The number of ether oxygens (including phenoxy) is 1. The molecule has 124 valence electrons. The minimum atomic E-state index is -1.71. The Labute approximate surface area is 134 Å². The van der Waals surface area contributed by atoms with Gasteiger partial charge in [-0.1, -0.05) is 20.8 Å². The lowest BCUT2D eigenvalue weighted by Crippen LogP contribution is -2.45. The number of carbonyl (C=O) groups is 1. The molecule has 22 heavy (non-hydrogen) atoms. The Morgan fingerprint density at radius 2 is 1.77 bits per heavy atom. The summed E-state index contributed by atoms with van der Waals surface area (Å²) in [7, 11) is -1.71. The molecule has 0 aliphatic heterocycles. The van der Waals surface area contributed by atoms with Crippen molar-refractivity contribution in [3.8, 4) is 0 Å². The summed E-state index contributed by atoms with van der Waals surface area (Å²) in [4.78, 5) is 15.8. The van der Waals surface area contributed by atoms with E-state index in [0.717, 1.165) is 25.7 Å². The van der Waals surface area contributed by atoms with Crippen LogP contribution in [-0.4, -0.2) is 36.2 Å². The zero-order valence-corrected chi connectivity index (χ0v) is 15.3. The Morgan fingerprint density at radius 3 is 2.27 bits per heavy atom. The quantitative estimate of drug-likeness (QED) is 0.782. The third-order valence-electron chi connectivity index (χ3n) is 4.87. The molecule has 1 aromatic rings. The van der Waals surface area contributed by atoms with Gasteiger partial charge >= 0.3 is 6.09 Å². The van der Waals surface area contributed by atoms with Gasteiger partial charge in [-0.2, -0.15) is 0 Å². The fourth-order valence-electron chi connectivity index (χ4n) is 2.43. The Kier molecular flexibility index (Phi) is 5.12. The number of rotatable bonds is 3. The fourth-order valence-corrected chi connectivity index (χ4v) is 3.85. The van der Waals surface area contributed by atoms with Crippen LogP contribution in [0.3, 0.4) is 0 Å². The average Bonchev–Trinajstić information content (AvgIpc) is 2.93. The van der Waals surface area contributed by atoms with Crippen molar-refractivity contribution in [2.45, 2.75) is 76.8 Å². The fraction of sp³-hybridized carbons (Fsp3) is 0.750. The summed E-state index contributed by atoms with van der Waals surface area (Å²) in [5, 5.41) is 0.234. The standard InChI is InChI=1S/C16H28N2O3Si/c1-16(2,3)22(4,5)21-14-8-6-13(7-9-14)20-15(19)18-11-10-17-12-18/h10-14H,6-9H2,1-5H3. The molecule has 0 amide bonds. The highest BCUT2D eigenvalue weighted by atomic mass is 28.4. The third kappa shape index (κ3) is 4.20. The van der Waals surface area contributed by atoms with Crippen LogP contribution in [0.2, 0.25) is 18.1 Å².